The van der Waals surface area contributed by atoms with Gasteiger partial charge in [-0.2, -0.15) is 5.26 Å². The molecule has 2 aromatic carbocycles. The largest absolute Gasteiger partial charge is 0.493 e. The van der Waals surface area contributed by atoms with E-state index in [1.165, 1.54) is 43.5 Å². The Bertz CT molecular complexity index is 1050. The number of hydrogen-bond acceptors (Lipinski definition) is 6. The van der Waals surface area contributed by atoms with E-state index in [9.17, 15) is 20.2 Å². The number of allylic oxidation sites excluding steroid dienone is 1. The number of ketones is 1. The Balaban J connectivity index is 2.44. The van der Waals surface area contributed by atoms with Crippen LogP contribution in [0.4, 0.5) is 5.69 Å². The molecule has 7 nitrogen and oxygen atoms in total. The van der Waals surface area contributed by atoms with Crippen molar-refractivity contribution in [3.63, 3.8) is 0 Å². The van der Waals surface area contributed by atoms with Crippen LogP contribution < -0.4 is 9.47 Å². The smallest absolute Gasteiger partial charge is 0.270 e. The molecular weight excluding hydrogens is 384 g/mol. The fourth-order valence-electron chi connectivity index (χ4n) is 2.31. The minimum absolute atomic E-state index is 0.0139. The van der Waals surface area contributed by atoms with Crippen molar-refractivity contribution in [2.75, 3.05) is 13.7 Å². The first-order valence-corrected chi connectivity index (χ1v) is 8.13. The quantitative estimate of drug-likeness (QED) is 0.175. The number of ether oxygens (including phenoxy) is 2. The number of carbonyl (C=O) groups excluding carboxylic acids is 1. The lowest BCUT2D eigenvalue weighted by molar-refractivity contribution is -0.384. The Morgan fingerprint density at radius 2 is 2.14 bits per heavy atom. The molecule has 0 atom stereocenters. The molecule has 0 amide bonds. The predicted octanol–water partition coefficient (Wildman–Crippen LogP) is 4.06. The topological polar surface area (TPSA) is 102 Å². The van der Waals surface area contributed by atoms with E-state index in [1.807, 2.05) is 0 Å². The second kappa shape index (κ2) is 9.22. The normalized spacial score (nSPS) is 10.5. The third-order valence-electron chi connectivity index (χ3n) is 3.55. The van der Waals surface area contributed by atoms with E-state index >= 15 is 0 Å². The lowest BCUT2D eigenvalue weighted by atomic mass is 10.0. The van der Waals surface area contributed by atoms with Crippen molar-refractivity contribution < 1.29 is 19.2 Å². The number of halogens is 1. The number of nitro groups is 1. The van der Waals surface area contributed by atoms with Crippen molar-refractivity contribution in [1.82, 2.24) is 0 Å². The van der Waals surface area contributed by atoms with Gasteiger partial charge in [-0.15, -0.1) is 6.42 Å². The van der Waals surface area contributed by atoms with Crippen LogP contribution in [0.2, 0.25) is 5.02 Å². The molecule has 0 bridgehead atoms. The molecule has 0 saturated heterocycles. The summed E-state index contributed by atoms with van der Waals surface area (Å²) in [5.74, 6) is 2.16. The molecular formula is C20H13ClN2O5. The summed E-state index contributed by atoms with van der Waals surface area (Å²) in [6.07, 6.45) is 6.47. The summed E-state index contributed by atoms with van der Waals surface area (Å²) >= 11 is 6.18. The van der Waals surface area contributed by atoms with Gasteiger partial charge < -0.3 is 9.47 Å². The van der Waals surface area contributed by atoms with Gasteiger partial charge >= 0.3 is 0 Å². The molecule has 0 heterocycles. The lowest BCUT2D eigenvalue weighted by Crippen LogP contribution is -2.03. The van der Waals surface area contributed by atoms with Crippen molar-refractivity contribution in [2.24, 2.45) is 0 Å². The molecule has 0 fully saturated rings. The van der Waals surface area contributed by atoms with Crippen LogP contribution in [0.1, 0.15) is 15.9 Å². The molecule has 0 spiro atoms. The zero-order chi connectivity index (χ0) is 20.7. The molecule has 0 saturated carbocycles. The van der Waals surface area contributed by atoms with Crippen LogP contribution in [0.3, 0.4) is 0 Å². The molecule has 0 N–H and O–H groups in total. The predicted molar refractivity (Wildman–Crippen MR) is 103 cm³/mol. The average molecular weight is 397 g/mol. The number of nitriles is 1. The number of nitrogens with zero attached hydrogens (tertiary/aromatic N) is 2. The highest BCUT2D eigenvalue weighted by Gasteiger charge is 2.17. The van der Waals surface area contributed by atoms with Gasteiger partial charge in [0.15, 0.2) is 11.5 Å². The number of methoxy groups -OCH3 is 1. The van der Waals surface area contributed by atoms with Crippen LogP contribution in [0, 0.1) is 33.8 Å². The Labute approximate surface area is 165 Å². The lowest BCUT2D eigenvalue weighted by Gasteiger charge is -2.11. The van der Waals surface area contributed by atoms with Crippen LogP contribution in [0.15, 0.2) is 42.0 Å². The van der Waals surface area contributed by atoms with Crippen LogP contribution in [0.25, 0.3) is 6.08 Å². The fourth-order valence-corrected chi connectivity index (χ4v) is 2.58. The molecule has 0 aliphatic heterocycles. The number of non-ortho nitro benzene ring substituents is 1. The van der Waals surface area contributed by atoms with Crippen LogP contribution in [-0.2, 0) is 0 Å². The number of nitro benzene ring substituents is 1. The van der Waals surface area contributed by atoms with Crippen molar-refractivity contribution in [2.45, 2.75) is 0 Å². The minimum atomic E-state index is -0.658. The van der Waals surface area contributed by atoms with Gasteiger partial charge in [0, 0.05) is 17.7 Å². The summed E-state index contributed by atoms with van der Waals surface area (Å²) in [7, 11) is 1.40. The monoisotopic (exact) mass is 396 g/mol. The fraction of sp³-hybridized carbons (Fsp3) is 0.100. The second-order valence-electron chi connectivity index (χ2n) is 5.33. The van der Waals surface area contributed by atoms with E-state index in [2.05, 4.69) is 5.92 Å². The Kier molecular flexibility index (Phi) is 6.75. The number of carbonyl (C=O) groups is 1. The Morgan fingerprint density at radius 3 is 2.75 bits per heavy atom. The number of Topliss-reactive ketones (excluding diaryl/α,β-unsaturated/α-hetero) is 1. The molecule has 0 aliphatic carbocycles. The first-order chi connectivity index (χ1) is 13.4. The van der Waals surface area contributed by atoms with Crippen molar-refractivity contribution in [3.8, 4) is 29.9 Å². The van der Waals surface area contributed by atoms with Crippen molar-refractivity contribution in [1.29, 1.82) is 5.26 Å². The van der Waals surface area contributed by atoms with Gasteiger partial charge in [-0.1, -0.05) is 29.7 Å². The maximum absolute atomic E-state index is 12.6. The van der Waals surface area contributed by atoms with Crippen molar-refractivity contribution >= 4 is 29.1 Å². The van der Waals surface area contributed by atoms with E-state index in [4.69, 9.17) is 27.5 Å². The minimum Gasteiger partial charge on any atom is -0.493 e. The SMILES string of the molecule is C#CCOc1c(Cl)cc(/C=C(\C#N)C(=O)c2cccc([N+](=O)[O-])c2)cc1OC. The molecule has 8 heteroatoms. The number of rotatable bonds is 7. The number of benzene rings is 2. The van der Waals surface area contributed by atoms with E-state index in [0.717, 1.165) is 6.07 Å². The third kappa shape index (κ3) is 4.67. The average Bonchev–Trinajstić information content (AvgIpc) is 2.70. The zero-order valence-corrected chi connectivity index (χ0v) is 15.4. The second-order valence-corrected chi connectivity index (χ2v) is 5.74. The molecule has 2 aromatic rings. The maximum atomic E-state index is 12.6. The van der Waals surface area contributed by atoms with Gasteiger partial charge in [0.2, 0.25) is 5.78 Å². The molecule has 0 aromatic heterocycles. The summed E-state index contributed by atoms with van der Waals surface area (Å²) in [6, 6.07) is 9.94. The van der Waals surface area contributed by atoms with E-state index in [0.29, 0.717) is 5.56 Å². The Morgan fingerprint density at radius 1 is 1.39 bits per heavy atom. The molecule has 0 aliphatic rings. The maximum Gasteiger partial charge on any atom is 0.270 e. The zero-order valence-electron chi connectivity index (χ0n) is 14.6. The number of terminal acetylenes is 1. The Hall–Kier alpha value is -3.81. The van der Waals surface area contributed by atoms with Gasteiger partial charge in [-0.05, 0) is 23.8 Å². The van der Waals surface area contributed by atoms with Gasteiger partial charge in [-0.3, -0.25) is 14.9 Å². The van der Waals surface area contributed by atoms with Crippen molar-refractivity contribution in [3.05, 3.63) is 68.2 Å². The summed E-state index contributed by atoms with van der Waals surface area (Å²) in [6.45, 7) is -0.0139. The first kappa shape index (κ1) is 20.5. The van der Waals surface area contributed by atoms with Gasteiger partial charge in [0.1, 0.15) is 18.2 Å². The summed E-state index contributed by atoms with van der Waals surface area (Å²) in [5, 5.41) is 20.4. The van der Waals surface area contributed by atoms with Crippen LogP contribution >= 0.6 is 11.6 Å². The van der Waals surface area contributed by atoms with E-state index < -0.39 is 10.7 Å². The summed E-state index contributed by atoms with van der Waals surface area (Å²) < 4.78 is 10.6. The van der Waals surface area contributed by atoms with Gasteiger partial charge in [0.05, 0.1) is 17.1 Å². The molecule has 2 rings (SSSR count). The summed E-state index contributed by atoms with van der Waals surface area (Å²) in [4.78, 5) is 22.8. The molecule has 0 radical (unpaired) electrons. The molecule has 0 unspecified atom stereocenters. The highest BCUT2D eigenvalue weighted by Crippen LogP contribution is 2.37. The molecule has 28 heavy (non-hydrogen) atoms. The highest BCUT2D eigenvalue weighted by molar-refractivity contribution is 6.32. The van der Waals surface area contributed by atoms with E-state index in [1.54, 1.807) is 6.07 Å². The molecule has 140 valence electrons. The highest BCUT2D eigenvalue weighted by atomic mass is 35.5. The van der Waals surface area contributed by atoms with Gasteiger partial charge in [0.25, 0.3) is 5.69 Å². The first-order valence-electron chi connectivity index (χ1n) is 7.76. The number of hydrogen-bond donors (Lipinski definition) is 0. The standard InChI is InChI=1S/C20H13ClN2O5/c1-3-7-28-20-17(21)9-13(10-18(20)27-2)8-15(12-22)19(24)14-5-4-6-16(11-14)23(25)26/h1,4-6,8-11H,7H2,2H3/b15-8+. The summed E-state index contributed by atoms with van der Waals surface area (Å²) in [5.41, 5.74) is -0.0435. The van der Waals surface area contributed by atoms with Crippen LogP contribution in [-0.4, -0.2) is 24.4 Å². The third-order valence-corrected chi connectivity index (χ3v) is 3.83. The van der Waals surface area contributed by atoms with Gasteiger partial charge in [-0.25, -0.2) is 0 Å². The van der Waals surface area contributed by atoms with E-state index in [-0.39, 0.29) is 40.0 Å². The van der Waals surface area contributed by atoms with Crippen LogP contribution in [0.5, 0.6) is 11.5 Å².